The minimum atomic E-state index is -4.69. The Morgan fingerprint density at radius 3 is 2.46 bits per heavy atom. The summed E-state index contributed by atoms with van der Waals surface area (Å²) < 4.78 is 68.6. The summed E-state index contributed by atoms with van der Waals surface area (Å²) >= 11 is 0. The van der Waals surface area contributed by atoms with E-state index in [0.717, 1.165) is 69.3 Å². The Bertz CT molecular complexity index is 1370. The lowest BCUT2D eigenvalue weighted by Gasteiger charge is -2.47. The number of sulfonamides is 1. The second-order valence-corrected chi connectivity index (χ2v) is 11.9. The smallest absolute Gasteiger partial charge is 0.343 e. The molecule has 2 atom stereocenters. The van der Waals surface area contributed by atoms with Gasteiger partial charge in [-0.3, -0.25) is 19.2 Å². The number of carbonyl (C=O) groups is 1. The Kier molecular flexibility index (Phi) is 6.59. The van der Waals surface area contributed by atoms with Crippen LogP contribution in [0.25, 0.3) is 0 Å². The third-order valence-corrected chi connectivity index (χ3v) is 9.14. The maximum Gasteiger partial charge on any atom is 0.416 e. The van der Waals surface area contributed by atoms with E-state index in [2.05, 4.69) is 9.62 Å². The molecule has 200 valence electrons. The number of rotatable bonds is 4. The highest BCUT2D eigenvalue weighted by molar-refractivity contribution is 7.92. The number of pyridine rings is 1. The van der Waals surface area contributed by atoms with Crippen LogP contribution in [-0.4, -0.2) is 60.9 Å². The van der Waals surface area contributed by atoms with E-state index in [0.29, 0.717) is 18.7 Å². The number of anilines is 1. The van der Waals surface area contributed by atoms with Crippen molar-refractivity contribution in [3.05, 3.63) is 58.0 Å². The summed E-state index contributed by atoms with van der Waals surface area (Å²) in [7, 11) is -4.40. The summed E-state index contributed by atoms with van der Waals surface area (Å²) in [5, 5.41) is 0. The van der Waals surface area contributed by atoms with Crippen LogP contribution in [-0.2, 0) is 27.5 Å². The number of hydrogen-bond acceptors (Lipinski definition) is 5. The van der Waals surface area contributed by atoms with Gasteiger partial charge >= 0.3 is 6.18 Å². The summed E-state index contributed by atoms with van der Waals surface area (Å²) in [6.45, 7) is 5.15. The summed E-state index contributed by atoms with van der Waals surface area (Å²) in [5.74, 6) is 0.451. The van der Waals surface area contributed by atoms with Crippen molar-refractivity contribution in [3.63, 3.8) is 0 Å². The summed E-state index contributed by atoms with van der Waals surface area (Å²) in [4.78, 5) is 28.7. The number of aromatic nitrogens is 1. The topological polar surface area (TPSA) is 91.7 Å². The zero-order valence-corrected chi connectivity index (χ0v) is 21.2. The molecule has 3 aliphatic rings. The fourth-order valence-electron chi connectivity index (χ4n) is 5.95. The molecular weight excluding hydrogens is 509 g/mol. The van der Waals surface area contributed by atoms with E-state index in [1.807, 2.05) is 4.90 Å². The molecule has 2 aromatic rings. The maximum atomic E-state index is 13.3. The molecule has 2 saturated heterocycles. The van der Waals surface area contributed by atoms with Crippen LogP contribution < -0.4 is 10.3 Å². The van der Waals surface area contributed by atoms with E-state index < -0.39 is 32.2 Å². The molecule has 0 spiro atoms. The van der Waals surface area contributed by atoms with Gasteiger partial charge in [-0.25, -0.2) is 8.42 Å². The molecule has 1 N–H and O–H groups in total. The number of nitrogens with zero attached hydrogens (tertiary/aromatic N) is 3. The fraction of sp³-hybridized carbons (Fsp3) is 0.520. The number of halogens is 3. The van der Waals surface area contributed by atoms with Gasteiger partial charge in [-0.15, -0.1) is 0 Å². The molecule has 0 unspecified atom stereocenters. The number of piperidine rings is 2. The first-order valence-corrected chi connectivity index (χ1v) is 13.8. The average molecular weight is 539 g/mol. The molecule has 2 bridgehead atoms. The third-order valence-electron chi connectivity index (χ3n) is 7.77. The average Bonchev–Trinajstić information content (AvgIpc) is 2.85. The SMILES string of the molecule is CC(=O)N1CCC(N2C[C@@H]3C[C@H](C2)c2ccc(NS(=O)(=O)c4cccc(C(F)(F)F)c4)c(=O)n2C3)CC1. The van der Waals surface area contributed by atoms with Crippen LogP contribution in [0, 0.1) is 5.92 Å². The number of nitrogens with one attached hydrogen (secondary N) is 1. The molecule has 0 radical (unpaired) electrons. The number of amides is 1. The van der Waals surface area contributed by atoms with Gasteiger partial charge < -0.3 is 9.47 Å². The first-order chi connectivity index (χ1) is 17.4. The van der Waals surface area contributed by atoms with Crippen molar-refractivity contribution in [3.8, 4) is 0 Å². The van der Waals surface area contributed by atoms with E-state index in [1.165, 1.54) is 6.07 Å². The fourth-order valence-corrected chi connectivity index (χ4v) is 7.05. The van der Waals surface area contributed by atoms with Crippen LogP contribution in [0.4, 0.5) is 18.9 Å². The first-order valence-electron chi connectivity index (χ1n) is 12.4. The predicted octanol–water partition coefficient (Wildman–Crippen LogP) is 3.10. The molecule has 12 heteroatoms. The largest absolute Gasteiger partial charge is 0.416 e. The highest BCUT2D eigenvalue weighted by atomic mass is 32.2. The monoisotopic (exact) mass is 538 g/mol. The molecule has 37 heavy (non-hydrogen) atoms. The van der Waals surface area contributed by atoms with Gasteiger partial charge in [-0.2, -0.15) is 13.2 Å². The van der Waals surface area contributed by atoms with E-state index in [4.69, 9.17) is 0 Å². The molecule has 0 saturated carbocycles. The lowest BCUT2D eigenvalue weighted by Crippen LogP contribution is -2.53. The van der Waals surface area contributed by atoms with Gasteiger partial charge in [-0.05, 0) is 55.5 Å². The van der Waals surface area contributed by atoms with Gasteiger partial charge in [0.1, 0.15) is 5.69 Å². The number of likely N-dealkylation sites (tertiary alicyclic amines) is 2. The van der Waals surface area contributed by atoms with Crippen molar-refractivity contribution in [1.82, 2.24) is 14.4 Å². The van der Waals surface area contributed by atoms with Gasteiger partial charge in [0.25, 0.3) is 15.6 Å². The molecule has 3 aliphatic heterocycles. The number of hydrogen-bond donors (Lipinski definition) is 1. The number of alkyl halides is 3. The van der Waals surface area contributed by atoms with E-state index in [-0.39, 0.29) is 23.4 Å². The normalized spacial score (nSPS) is 23.0. The second kappa shape index (κ2) is 9.46. The first kappa shape index (κ1) is 25.8. The highest BCUT2D eigenvalue weighted by Gasteiger charge is 2.38. The molecule has 0 aliphatic carbocycles. The molecule has 5 rings (SSSR count). The standard InChI is InChI=1S/C25H29F3N4O4S/c1-16(33)30-9-7-20(8-10-30)31-13-17-11-18(15-31)23-6-5-22(24(34)32(23)14-17)29-37(35,36)21-4-2-3-19(12-21)25(26,27)28/h2-6,12,17-18,20,29H,7-11,13-15H2,1H3/t17-,18+/m0/s1. The molecule has 8 nitrogen and oxygen atoms in total. The van der Waals surface area contributed by atoms with Crippen LogP contribution in [0.2, 0.25) is 0 Å². The van der Waals surface area contributed by atoms with E-state index in [1.54, 1.807) is 17.6 Å². The molecular formula is C25H29F3N4O4S. The van der Waals surface area contributed by atoms with E-state index >= 15 is 0 Å². The molecule has 2 fully saturated rings. The van der Waals surface area contributed by atoms with Crippen molar-refractivity contribution in [2.75, 3.05) is 30.9 Å². The van der Waals surface area contributed by atoms with Gasteiger partial charge in [0.05, 0.1) is 10.5 Å². The Hall–Kier alpha value is -2.86. The maximum absolute atomic E-state index is 13.3. The number of fused-ring (bicyclic) bond motifs is 4. The second-order valence-electron chi connectivity index (χ2n) is 10.2. The van der Waals surface area contributed by atoms with Crippen molar-refractivity contribution >= 4 is 21.6 Å². The predicted molar refractivity (Wildman–Crippen MR) is 131 cm³/mol. The number of carbonyl (C=O) groups excluding carboxylic acids is 1. The van der Waals surface area contributed by atoms with Gasteiger partial charge in [0, 0.05) is 57.3 Å². The van der Waals surface area contributed by atoms with Crippen molar-refractivity contribution in [2.24, 2.45) is 5.92 Å². The minimum absolute atomic E-state index is 0.0988. The van der Waals surface area contributed by atoms with Crippen molar-refractivity contribution < 1.29 is 26.4 Å². The van der Waals surface area contributed by atoms with Crippen LogP contribution >= 0.6 is 0 Å². The Labute approximate surface area is 213 Å². The molecule has 4 heterocycles. The molecule has 1 amide bonds. The van der Waals surface area contributed by atoms with Gasteiger partial charge in [0.15, 0.2) is 0 Å². The van der Waals surface area contributed by atoms with Crippen LogP contribution in [0.1, 0.15) is 43.4 Å². The molecule has 1 aromatic carbocycles. The Morgan fingerprint density at radius 1 is 1.05 bits per heavy atom. The van der Waals surface area contributed by atoms with Crippen molar-refractivity contribution in [1.29, 1.82) is 0 Å². The number of benzene rings is 1. The van der Waals surface area contributed by atoms with Crippen LogP contribution in [0.5, 0.6) is 0 Å². The Balaban J connectivity index is 1.34. The van der Waals surface area contributed by atoms with Crippen LogP contribution in [0.15, 0.2) is 46.1 Å². The Morgan fingerprint density at radius 2 is 1.78 bits per heavy atom. The highest BCUT2D eigenvalue weighted by Crippen LogP contribution is 2.37. The van der Waals surface area contributed by atoms with Gasteiger partial charge in [0.2, 0.25) is 5.91 Å². The zero-order valence-electron chi connectivity index (χ0n) is 20.4. The summed E-state index contributed by atoms with van der Waals surface area (Å²) in [5.41, 5.74) is -0.920. The van der Waals surface area contributed by atoms with Gasteiger partial charge in [-0.1, -0.05) is 6.07 Å². The zero-order chi connectivity index (χ0) is 26.5. The molecule has 1 aromatic heterocycles. The minimum Gasteiger partial charge on any atom is -0.343 e. The quantitative estimate of drug-likeness (QED) is 0.646. The third kappa shape index (κ3) is 5.13. The lowest BCUT2D eigenvalue weighted by molar-refractivity contribution is -0.137. The van der Waals surface area contributed by atoms with Crippen LogP contribution in [0.3, 0.4) is 0 Å². The summed E-state index contributed by atoms with van der Waals surface area (Å²) in [6, 6.07) is 6.97. The lowest BCUT2D eigenvalue weighted by atomic mass is 9.82. The summed E-state index contributed by atoms with van der Waals surface area (Å²) in [6.07, 6.45) is -1.91. The van der Waals surface area contributed by atoms with Crippen molar-refractivity contribution in [2.45, 2.75) is 55.8 Å². The van der Waals surface area contributed by atoms with E-state index in [9.17, 15) is 31.2 Å².